The molecule has 9 nitrogen and oxygen atoms in total. The van der Waals surface area contributed by atoms with E-state index in [4.69, 9.17) is 9.47 Å². The first-order valence-corrected chi connectivity index (χ1v) is 9.46. The van der Waals surface area contributed by atoms with Crippen LogP contribution in [0.15, 0.2) is 41.5 Å². The van der Waals surface area contributed by atoms with Crippen LogP contribution in [0.25, 0.3) is 0 Å². The van der Waals surface area contributed by atoms with E-state index in [0.29, 0.717) is 40.8 Å². The van der Waals surface area contributed by atoms with Crippen molar-refractivity contribution in [3.8, 4) is 11.5 Å². The number of carbonyl (C=O) groups is 1. The molecule has 0 spiro atoms. The summed E-state index contributed by atoms with van der Waals surface area (Å²) in [7, 11) is 3.11. The van der Waals surface area contributed by atoms with Gasteiger partial charge in [0.05, 0.1) is 24.9 Å². The molecule has 0 aromatic heterocycles. The molecule has 2 aromatic rings. The Bertz CT molecular complexity index is 928. The van der Waals surface area contributed by atoms with E-state index >= 15 is 0 Å². The second-order valence-electron chi connectivity index (χ2n) is 6.88. The molecular formula is C21H26N4O5. The molecule has 30 heavy (non-hydrogen) atoms. The molecule has 1 amide bonds. The van der Waals surface area contributed by atoms with Crippen LogP contribution in [0.5, 0.6) is 11.5 Å². The lowest BCUT2D eigenvalue weighted by Crippen LogP contribution is -2.17. The lowest BCUT2D eigenvalue weighted by molar-refractivity contribution is -0.383. The Hall–Kier alpha value is -3.62. The zero-order valence-electron chi connectivity index (χ0n) is 17.5. The molecular weight excluding hydrogens is 388 g/mol. The minimum atomic E-state index is -0.487. The van der Waals surface area contributed by atoms with Crippen LogP contribution < -0.4 is 20.2 Å². The Morgan fingerprint density at radius 1 is 1.23 bits per heavy atom. The molecule has 2 rings (SSSR count). The molecule has 0 unspecified atom stereocenters. The number of nitrogens with one attached hydrogen (secondary N) is 2. The van der Waals surface area contributed by atoms with Gasteiger partial charge in [0.15, 0.2) is 11.5 Å². The minimum Gasteiger partial charge on any atom is -0.493 e. The summed E-state index contributed by atoms with van der Waals surface area (Å²) in [4.78, 5) is 23.0. The van der Waals surface area contributed by atoms with Crippen molar-refractivity contribution in [3.63, 3.8) is 0 Å². The maximum absolute atomic E-state index is 12.4. The third-order valence-corrected chi connectivity index (χ3v) is 4.25. The van der Waals surface area contributed by atoms with Gasteiger partial charge in [-0.15, -0.1) is 0 Å². The molecule has 0 aliphatic heterocycles. The number of hydrogen-bond donors (Lipinski definition) is 2. The third-order valence-electron chi connectivity index (χ3n) is 4.25. The van der Waals surface area contributed by atoms with Crippen LogP contribution in [-0.4, -0.2) is 37.8 Å². The number of anilines is 1. The first-order valence-electron chi connectivity index (χ1n) is 9.46. The number of rotatable bonds is 10. The molecule has 0 saturated carbocycles. The van der Waals surface area contributed by atoms with Crippen LogP contribution in [0.1, 0.15) is 36.2 Å². The molecule has 0 radical (unpaired) electrons. The second-order valence-corrected chi connectivity index (χ2v) is 6.88. The summed E-state index contributed by atoms with van der Waals surface area (Å²) in [6.07, 6.45) is 2.25. The molecule has 9 heteroatoms. The highest BCUT2D eigenvalue weighted by molar-refractivity contribution is 5.95. The van der Waals surface area contributed by atoms with Crippen molar-refractivity contribution >= 4 is 23.5 Å². The molecule has 0 aliphatic carbocycles. The molecule has 0 bridgehead atoms. The van der Waals surface area contributed by atoms with Gasteiger partial charge in [0.25, 0.3) is 11.6 Å². The van der Waals surface area contributed by atoms with E-state index in [9.17, 15) is 14.9 Å². The number of hydrogen-bond acceptors (Lipinski definition) is 7. The summed E-state index contributed by atoms with van der Waals surface area (Å²) in [5, 5.41) is 17.8. The monoisotopic (exact) mass is 414 g/mol. The number of methoxy groups -OCH3 is 1. The summed E-state index contributed by atoms with van der Waals surface area (Å²) >= 11 is 0. The van der Waals surface area contributed by atoms with Crippen LogP contribution in [-0.2, 0) is 0 Å². The van der Waals surface area contributed by atoms with Gasteiger partial charge < -0.3 is 14.8 Å². The number of carbonyl (C=O) groups excluding carboxylic acids is 1. The van der Waals surface area contributed by atoms with Crippen LogP contribution >= 0.6 is 0 Å². The van der Waals surface area contributed by atoms with Crippen LogP contribution in [0.2, 0.25) is 0 Å². The van der Waals surface area contributed by atoms with Gasteiger partial charge in [-0.2, -0.15) is 5.10 Å². The molecule has 0 saturated heterocycles. The molecule has 0 atom stereocenters. The smallest absolute Gasteiger partial charge is 0.292 e. The molecule has 0 heterocycles. The van der Waals surface area contributed by atoms with Crippen LogP contribution in [0, 0.1) is 16.0 Å². The lowest BCUT2D eigenvalue weighted by Gasteiger charge is -2.12. The SMILES string of the molecule is CNc1ccc(/C=N/NC(=O)c2ccc(OCCC(C)C)c(OC)c2)cc1[N+](=O)[O-]. The first kappa shape index (κ1) is 22.7. The van der Waals surface area contributed by atoms with Gasteiger partial charge in [0.2, 0.25) is 0 Å². The topological polar surface area (TPSA) is 115 Å². The Labute approximate surface area is 175 Å². The first-order chi connectivity index (χ1) is 14.3. The molecule has 0 fully saturated rings. The van der Waals surface area contributed by atoms with E-state index in [2.05, 4.69) is 29.7 Å². The number of nitrogens with zero attached hydrogens (tertiary/aromatic N) is 2. The number of benzene rings is 2. The van der Waals surface area contributed by atoms with Gasteiger partial charge in [0, 0.05) is 24.2 Å². The van der Waals surface area contributed by atoms with Gasteiger partial charge in [-0.3, -0.25) is 14.9 Å². The van der Waals surface area contributed by atoms with Gasteiger partial charge in [-0.05, 0) is 36.6 Å². The van der Waals surface area contributed by atoms with E-state index in [-0.39, 0.29) is 5.69 Å². The number of nitro groups is 1. The largest absolute Gasteiger partial charge is 0.493 e. The molecule has 2 N–H and O–H groups in total. The number of amides is 1. The quantitative estimate of drug-likeness (QED) is 0.347. The lowest BCUT2D eigenvalue weighted by atomic mass is 10.1. The number of hydrazone groups is 1. The summed E-state index contributed by atoms with van der Waals surface area (Å²) in [5.74, 6) is 1.10. The third kappa shape index (κ3) is 6.20. The highest BCUT2D eigenvalue weighted by Crippen LogP contribution is 2.28. The Morgan fingerprint density at radius 2 is 2.00 bits per heavy atom. The Kier molecular flexibility index (Phi) is 8.16. The van der Waals surface area contributed by atoms with Gasteiger partial charge >= 0.3 is 0 Å². The second kappa shape index (κ2) is 10.8. The summed E-state index contributed by atoms with van der Waals surface area (Å²) < 4.78 is 11.0. The summed E-state index contributed by atoms with van der Waals surface area (Å²) in [5.41, 5.74) is 3.54. The normalized spacial score (nSPS) is 10.8. The standard InChI is InChI=1S/C21H26N4O5/c1-14(2)9-10-30-19-8-6-16(12-20(19)29-4)21(26)24-23-13-15-5-7-17(22-3)18(11-15)25(27)28/h5-8,11-14,22H,9-10H2,1-4H3,(H,24,26)/b23-13+. The fraction of sp³-hybridized carbons (Fsp3) is 0.333. The van der Waals surface area contributed by atoms with Crippen molar-refractivity contribution in [2.45, 2.75) is 20.3 Å². The van der Waals surface area contributed by atoms with Crippen molar-refractivity contribution in [1.29, 1.82) is 0 Å². The van der Waals surface area contributed by atoms with Crippen LogP contribution in [0.4, 0.5) is 11.4 Å². The van der Waals surface area contributed by atoms with Gasteiger partial charge in [-0.25, -0.2) is 5.43 Å². The predicted molar refractivity (Wildman–Crippen MR) is 116 cm³/mol. The minimum absolute atomic E-state index is 0.0782. The van der Waals surface area contributed by atoms with Crippen molar-refractivity contribution < 1.29 is 19.2 Å². The highest BCUT2D eigenvalue weighted by Gasteiger charge is 2.13. The van der Waals surface area contributed by atoms with Crippen molar-refractivity contribution in [2.75, 3.05) is 26.1 Å². The van der Waals surface area contributed by atoms with E-state index in [1.165, 1.54) is 19.4 Å². The number of ether oxygens (including phenoxy) is 2. The average Bonchev–Trinajstić information content (AvgIpc) is 2.73. The van der Waals surface area contributed by atoms with Crippen molar-refractivity contribution in [3.05, 3.63) is 57.6 Å². The fourth-order valence-electron chi connectivity index (χ4n) is 2.55. The number of nitro benzene ring substituents is 1. The highest BCUT2D eigenvalue weighted by atomic mass is 16.6. The van der Waals surface area contributed by atoms with Crippen LogP contribution in [0.3, 0.4) is 0 Å². The summed E-state index contributed by atoms with van der Waals surface area (Å²) in [6, 6.07) is 9.46. The van der Waals surface area contributed by atoms with E-state index in [0.717, 1.165) is 6.42 Å². The molecule has 2 aromatic carbocycles. The summed E-state index contributed by atoms with van der Waals surface area (Å²) in [6.45, 7) is 4.78. The van der Waals surface area contributed by atoms with E-state index < -0.39 is 10.8 Å². The molecule has 0 aliphatic rings. The zero-order valence-corrected chi connectivity index (χ0v) is 17.5. The maximum Gasteiger partial charge on any atom is 0.292 e. The zero-order chi connectivity index (χ0) is 22.1. The van der Waals surface area contributed by atoms with E-state index in [1.807, 2.05) is 0 Å². The van der Waals surface area contributed by atoms with E-state index in [1.54, 1.807) is 37.4 Å². The van der Waals surface area contributed by atoms with Crippen molar-refractivity contribution in [2.24, 2.45) is 11.0 Å². The maximum atomic E-state index is 12.4. The van der Waals surface area contributed by atoms with Gasteiger partial charge in [0.1, 0.15) is 5.69 Å². The molecule has 160 valence electrons. The fourth-order valence-corrected chi connectivity index (χ4v) is 2.55. The Morgan fingerprint density at radius 3 is 2.63 bits per heavy atom. The van der Waals surface area contributed by atoms with Crippen molar-refractivity contribution in [1.82, 2.24) is 5.43 Å². The Balaban J connectivity index is 2.05. The average molecular weight is 414 g/mol. The van der Waals surface area contributed by atoms with Gasteiger partial charge in [-0.1, -0.05) is 19.9 Å². The predicted octanol–water partition coefficient (Wildman–Crippen LogP) is 3.83.